The third-order valence-corrected chi connectivity index (χ3v) is 5.42. The Morgan fingerprint density at radius 2 is 2.30 bits per heavy atom. The molecule has 5 heteroatoms. The Hall–Kier alpha value is -1.72. The molecule has 0 saturated carbocycles. The normalized spacial score (nSPS) is 21.4. The minimum Gasteiger partial charge on any atom is -0.334 e. The van der Waals surface area contributed by atoms with Crippen LogP contribution >= 0.6 is 11.3 Å². The topological polar surface area (TPSA) is 59.2 Å². The molecule has 2 aromatic rings. The monoisotopic (exact) mass is 329 g/mol. The summed E-state index contributed by atoms with van der Waals surface area (Å²) < 4.78 is 0. The fourth-order valence-electron chi connectivity index (χ4n) is 3.33. The van der Waals surface area contributed by atoms with E-state index in [-0.39, 0.29) is 11.9 Å². The highest BCUT2D eigenvalue weighted by molar-refractivity contribution is 7.09. The van der Waals surface area contributed by atoms with Crippen LogP contribution in [-0.2, 0) is 0 Å². The van der Waals surface area contributed by atoms with Crippen LogP contribution in [-0.4, -0.2) is 34.9 Å². The molecule has 0 radical (unpaired) electrons. The molecule has 2 heterocycles. The second-order valence-corrected chi connectivity index (χ2v) is 7.32. The van der Waals surface area contributed by atoms with Gasteiger partial charge in [0.1, 0.15) is 0 Å². The van der Waals surface area contributed by atoms with Gasteiger partial charge in [0, 0.05) is 35.6 Å². The molecule has 2 atom stereocenters. The molecule has 122 valence electrons. The van der Waals surface area contributed by atoms with Crippen LogP contribution in [0.25, 0.3) is 11.3 Å². The van der Waals surface area contributed by atoms with E-state index < -0.39 is 0 Å². The number of hydrogen-bond acceptors (Lipinski definition) is 4. The van der Waals surface area contributed by atoms with Crippen LogP contribution in [0.3, 0.4) is 0 Å². The highest BCUT2D eigenvalue weighted by Gasteiger charge is 2.31. The van der Waals surface area contributed by atoms with Crippen LogP contribution in [0, 0.1) is 12.8 Å². The molecule has 23 heavy (non-hydrogen) atoms. The smallest absolute Gasteiger partial charge is 0.254 e. The molecule has 3 rings (SSSR count). The van der Waals surface area contributed by atoms with Crippen molar-refractivity contribution < 1.29 is 4.79 Å². The van der Waals surface area contributed by atoms with E-state index in [2.05, 4.69) is 11.9 Å². The lowest BCUT2D eigenvalue weighted by Gasteiger charge is -2.39. The largest absolute Gasteiger partial charge is 0.334 e. The number of rotatable bonds is 3. The Morgan fingerprint density at radius 1 is 1.48 bits per heavy atom. The van der Waals surface area contributed by atoms with Crippen LogP contribution in [0.5, 0.6) is 0 Å². The van der Waals surface area contributed by atoms with Gasteiger partial charge in [0.2, 0.25) is 0 Å². The van der Waals surface area contributed by atoms with Crippen LogP contribution in [0.4, 0.5) is 0 Å². The summed E-state index contributed by atoms with van der Waals surface area (Å²) in [6, 6.07) is 7.91. The molecule has 2 N–H and O–H groups in total. The number of amides is 1. The molecule has 0 aliphatic carbocycles. The number of hydrogen-bond donors (Lipinski definition) is 1. The van der Waals surface area contributed by atoms with Crippen LogP contribution < -0.4 is 5.73 Å². The van der Waals surface area contributed by atoms with Crippen molar-refractivity contribution in [3.8, 4) is 11.3 Å². The summed E-state index contributed by atoms with van der Waals surface area (Å²) in [5, 5.41) is 3.06. The molecular weight excluding hydrogens is 306 g/mol. The van der Waals surface area contributed by atoms with Crippen molar-refractivity contribution in [3.05, 3.63) is 40.2 Å². The average molecular weight is 329 g/mol. The lowest BCUT2D eigenvalue weighted by atomic mass is 9.90. The maximum absolute atomic E-state index is 13.0. The number of carbonyl (C=O) groups is 1. The van der Waals surface area contributed by atoms with Crippen molar-refractivity contribution >= 4 is 17.2 Å². The fraction of sp³-hybridized carbons (Fsp3) is 0.444. The van der Waals surface area contributed by atoms with Gasteiger partial charge in [0.25, 0.3) is 5.91 Å². The second kappa shape index (κ2) is 6.81. The van der Waals surface area contributed by atoms with Gasteiger partial charge in [-0.25, -0.2) is 4.98 Å². The van der Waals surface area contributed by atoms with Gasteiger partial charge in [-0.3, -0.25) is 4.79 Å². The fourth-order valence-corrected chi connectivity index (χ4v) is 3.96. The Morgan fingerprint density at radius 3 is 3.00 bits per heavy atom. The zero-order chi connectivity index (χ0) is 16.4. The molecule has 4 nitrogen and oxygen atoms in total. The molecule has 1 aliphatic heterocycles. The van der Waals surface area contributed by atoms with Gasteiger partial charge in [-0.2, -0.15) is 0 Å². The predicted octanol–water partition coefficient (Wildman–Crippen LogP) is 3.32. The van der Waals surface area contributed by atoms with Crippen molar-refractivity contribution in [2.45, 2.75) is 32.7 Å². The number of thiazole rings is 1. The summed E-state index contributed by atoms with van der Waals surface area (Å²) >= 11 is 1.62. The van der Waals surface area contributed by atoms with Crippen molar-refractivity contribution in [2.24, 2.45) is 11.7 Å². The summed E-state index contributed by atoms with van der Waals surface area (Å²) in [6.45, 7) is 5.50. The van der Waals surface area contributed by atoms with Crippen LogP contribution in [0.1, 0.15) is 35.1 Å². The number of piperidine rings is 1. The first-order chi connectivity index (χ1) is 11.1. The summed E-state index contributed by atoms with van der Waals surface area (Å²) in [4.78, 5) is 19.4. The Labute approximate surface area is 141 Å². The first-order valence-electron chi connectivity index (χ1n) is 8.13. The van der Waals surface area contributed by atoms with E-state index in [0.717, 1.165) is 41.2 Å². The highest BCUT2D eigenvalue weighted by atomic mass is 32.1. The number of benzene rings is 1. The molecule has 0 spiro atoms. The Bertz CT molecular complexity index is 697. The third-order valence-electron chi connectivity index (χ3n) is 4.64. The first-order valence-corrected chi connectivity index (χ1v) is 9.01. The first kappa shape index (κ1) is 16.1. The lowest BCUT2D eigenvalue weighted by molar-refractivity contribution is 0.0532. The molecule has 0 bridgehead atoms. The minimum atomic E-state index is 0.0841. The van der Waals surface area contributed by atoms with E-state index in [1.54, 1.807) is 11.3 Å². The maximum Gasteiger partial charge on any atom is 0.254 e. The molecule has 1 aromatic carbocycles. The van der Waals surface area contributed by atoms with Crippen molar-refractivity contribution in [1.82, 2.24) is 9.88 Å². The summed E-state index contributed by atoms with van der Waals surface area (Å²) in [6.07, 6.45) is 2.19. The molecule has 1 saturated heterocycles. The van der Waals surface area contributed by atoms with Gasteiger partial charge < -0.3 is 10.6 Å². The van der Waals surface area contributed by atoms with E-state index in [1.165, 1.54) is 0 Å². The van der Waals surface area contributed by atoms with Crippen molar-refractivity contribution in [2.75, 3.05) is 13.1 Å². The second-order valence-electron chi connectivity index (χ2n) is 6.25. The minimum absolute atomic E-state index is 0.0841. The van der Waals surface area contributed by atoms with Gasteiger partial charge in [-0.05, 0) is 37.8 Å². The molecule has 1 aliphatic rings. The van der Waals surface area contributed by atoms with Gasteiger partial charge in [0.05, 0.1) is 10.7 Å². The van der Waals surface area contributed by atoms with Gasteiger partial charge >= 0.3 is 0 Å². The van der Waals surface area contributed by atoms with E-state index in [9.17, 15) is 4.79 Å². The Balaban J connectivity index is 1.87. The number of carbonyl (C=O) groups excluding carboxylic acids is 1. The van der Waals surface area contributed by atoms with E-state index in [1.807, 2.05) is 41.5 Å². The predicted molar refractivity (Wildman–Crippen MR) is 94.6 cm³/mol. The number of nitrogens with zero attached hydrogens (tertiary/aromatic N) is 2. The highest BCUT2D eigenvalue weighted by Crippen LogP contribution is 2.26. The number of nitrogens with two attached hydrogens (primary N) is 1. The van der Waals surface area contributed by atoms with Crippen LogP contribution in [0.2, 0.25) is 0 Å². The Kier molecular flexibility index (Phi) is 4.78. The number of likely N-dealkylation sites (tertiary alicyclic amines) is 1. The van der Waals surface area contributed by atoms with Crippen molar-refractivity contribution in [3.63, 3.8) is 0 Å². The standard InChI is InChI=1S/C18H23N3OS/c1-12-5-4-8-21(17(12)10-19)18(22)15-7-3-6-14(9-15)16-11-23-13(2)20-16/h3,6-7,9,11-12,17H,4-5,8,10,19H2,1-2H3. The molecule has 2 unspecified atom stereocenters. The average Bonchev–Trinajstić information content (AvgIpc) is 3.00. The molecule has 1 aromatic heterocycles. The SMILES string of the molecule is Cc1nc(-c2cccc(C(=O)N3CCCC(C)C3CN)c2)cs1. The van der Waals surface area contributed by atoms with E-state index in [0.29, 0.717) is 12.5 Å². The molecular formula is C18H23N3OS. The zero-order valence-electron chi connectivity index (χ0n) is 13.7. The summed E-state index contributed by atoms with van der Waals surface area (Å²) in [7, 11) is 0. The summed E-state index contributed by atoms with van der Waals surface area (Å²) in [5.41, 5.74) is 8.57. The summed E-state index contributed by atoms with van der Waals surface area (Å²) in [5.74, 6) is 0.544. The molecule has 1 fully saturated rings. The van der Waals surface area contributed by atoms with Gasteiger partial charge in [-0.15, -0.1) is 11.3 Å². The van der Waals surface area contributed by atoms with Crippen molar-refractivity contribution in [1.29, 1.82) is 0 Å². The quantitative estimate of drug-likeness (QED) is 0.940. The number of aromatic nitrogens is 1. The van der Waals surface area contributed by atoms with Gasteiger partial charge in [0.15, 0.2) is 0 Å². The maximum atomic E-state index is 13.0. The van der Waals surface area contributed by atoms with Crippen LogP contribution in [0.15, 0.2) is 29.6 Å². The molecule has 1 amide bonds. The van der Waals surface area contributed by atoms with Gasteiger partial charge in [-0.1, -0.05) is 19.1 Å². The number of aryl methyl sites for hydroxylation is 1. The lowest BCUT2D eigenvalue weighted by Crippen LogP contribution is -2.51. The zero-order valence-corrected chi connectivity index (χ0v) is 14.5. The van der Waals surface area contributed by atoms with E-state index >= 15 is 0 Å². The van der Waals surface area contributed by atoms with E-state index in [4.69, 9.17) is 5.73 Å². The third kappa shape index (κ3) is 3.31.